The van der Waals surface area contributed by atoms with Crippen molar-refractivity contribution in [2.24, 2.45) is 0 Å². The van der Waals surface area contributed by atoms with E-state index in [2.05, 4.69) is 0 Å². The van der Waals surface area contributed by atoms with E-state index in [9.17, 15) is 15.0 Å². The number of rotatable bonds is 5. The van der Waals surface area contributed by atoms with E-state index >= 15 is 0 Å². The molecule has 7 heteroatoms. The van der Waals surface area contributed by atoms with E-state index < -0.39 is 24.5 Å². The Kier molecular flexibility index (Phi) is 5.79. The summed E-state index contributed by atoms with van der Waals surface area (Å²) < 4.78 is 10.7. The smallest absolute Gasteiger partial charge is 0.371 e. The van der Waals surface area contributed by atoms with Crippen LogP contribution in [0.3, 0.4) is 0 Å². The second kappa shape index (κ2) is 7.60. The van der Waals surface area contributed by atoms with Crippen LogP contribution in [0.5, 0.6) is 0 Å². The quantitative estimate of drug-likeness (QED) is 0.561. The maximum absolute atomic E-state index is 11.3. The van der Waals surface area contributed by atoms with E-state index in [-0.39, 0.29) is 18.8 Å². The Morgan fingerprint density at radius 1 is 1.36 bits per heavy atom. The van der Waals surface area contributed by atoms with Crippen LogP contribution in [0.4, 0.5) is 0 Å². The van der Waals surface area contributed by atoms with Crippen molar-refractivity contribution in [2.75, 3.05) is 6.61 Å². The minimum Gasteiger partial charge on any atom is -0.475 e. The first-order valence-electron chi connectivity index (χ1n) is 6.79. The van der Waals surface area contributed by atoms with Crippen molar-refractivity contribution in [2.45, 2.75) is 31.3 Å². The summed E-state index contributed by atoms with van der Waals surface area (Å²) in [6.07, 6.45) is -0.422. The number of hydrogen-bond donors (Lipinski definition) is 3. The molecule has 1 fully saturated rings. The maximum Gasteiger partial charge on any atom is 0.371 e. The molecule has 1 aromatic carbocycles. The lowest BCUT2D eigenvalue weighted by Crippen LogP contribution is -2.39. The van der Waals surface area contributed by atoms with Gasteiger partial charge in [-0.1, -0.05) is 23.7 Å². The molecule has 3 N–H and O–H groups in total. The normalized spacial score (nSPS) is 25.8. The molecule has 6 nitrogen and oxygen atoms in total. The fourth-order valence-electron chi connectivity index (χ4n) is 2.14. The van der Waals surface area contributed by atoms with Crippen molar-refractivity contribution in [1.82, 2.24) is 0 Å². The van der Waals surface area contributed by atoms with Crippen molar-refractivity contribution < 1.29 is 29.6 Å². The third-order valence-electron chi connectivity index (χ3n) is 3.18. The average Bonchev–Trinajstić information content (AvgIpc) is 2.48. The van der Waals surface area contributed by atoms with Crippen molar-refractivity contribution >= 4 is 23.6 Å². The molecule has 0 aliphatic carbocycles. The van der Waals surface area contributed by atoms with Gasteiger partial charge in [0.1, 0.15) is 0 Å². The highest BCUT2D eigenvalue weighted by atomic mass is 35.5. The summed E-state index contributed by atoms with van der Waals surface area (Å²) in [6.45, 7) is -0.264. The van der Waals surface area contributed by atoms with Gasteiger partial charge in [-0.05, 0) is 23.8 Å². The highest BCUT2D eigenvalue weighted by molar-refractivity contribution is 6.30. The second-order valence-electron chi connectivity index (χ2n) is 4.98. The average molecular weight is 329 g/mol. The monoisotopic (exact) mass is 328 g/mol. The van der Waals surface area contributed by atoms with E-state index in [4.69, 9.17) is 26.2 Å². The van der Waals surface area contributed by atoms with E-state index in [0.29, 0.717) is 17.0 Å². The Hall–Kier alpha value is -1.60. The van der Waals surface area contributed by atoms with E-state index in [1.54, 1.807) is 24.3 Å². The predicted octanol–water partition coefficient (Wildman–Crippen LogP) is 1.64. The standard InChI is InChI=1S/C15H17ClO6/c16-10-3-1-9(2-4-10)5-13(15(19)20)22-14-7-11(18)6-12(8-17)21-14/h1-5,11-12,14,17-18H,6-8H2,(H,19,20)/b13-5-. The lowest BCUT2D eigenvalue weighted by atomic mass is 10.1. The number of aliphatic hydroxyl groups excluding tert-OH is 2. The van der Waals surface area contributed by atoms with Crippen LogP contribution >= 0.6 is 11.6 Å². The Balaban J connectivity index is 2.11. The number of ether oxygens (including phenoxy) is 2. The summed E-state index contributed by atoms with van der Waals surface area (Å²) in [5.74, 6) is -1.56. The Morgan fingerprint density at radius 3 is 2.64 bits per heavy atom. The van der Waals surface area contributed by atoms with Gasteiger partial charge in [-0.3, -0.25) is 0 Å². The molecule has 1 aliphatic rings. The lowest BCUT2D eigenvalue weighted by Gasteiger charge is -2.32. The molecule has 2 rings (SSSR count). The molecule has 1 aromatic rings. The number of hydrogen-bond acceptors (Lipinski definition) is 5. The number of carbonyl (C=O) groups is 1. The highest BCUT2D eigenvalue weighted by Crippen LogP contribution is 2.23. The van der Waals surface area contributed by atoms with Crippen LogP contribution in [0.2, 0.25) is 5.02 Å². The molecule has 0 saturated carbocycles. The number of carboxylic acid groups (broad SMARTS) is 1. The predicted molar refractivity (Wildman–Crippen MR) is 79.1 cm³/mol. The number of halogens is 1. The fourth-order valence-corrected chi connectivity index (χ4v) is 2.27. The van der Waals surface area contributed by atoms with Gasteiger partial charge in [-0.2, -0.15) is 0 Å². The number of benzene rings is 1. The summed E-state index contributed by atoms with van der Waals surface area (Å²) in [5.41, 5.74) is 0.608. The first-order valence-corrected chi connectivity index (χ1v) is 7.17. The molecule has 0 bridgehead atoms. The molecule has 1 aliphatic heterocycles. The molecule has 120 valence electrons. The second-order valence-corrected chi connectivity index (χ2v) is 5.42. The zero-order valence-corrected chi connectivity index (χ0v) is 12.4. The largest absolute Gasteiger partial charge is 0.475 e. The lowest BCUT2D eigenvalue weighted by molar-refractivity contribution is -0.208. The third-order valence-corrected chi connectivity index (χ3v) is 3.44. The van der Waals surface area contributed by atoms with Gasteiger partial charge in [0.25, 0.3) is 0 Å². The highest BCUT2D eigenvalue weighted by Gasteiger charge is 2.30. The molecule has 1 heterocycles. The van der Waals surface area contributed by atoms with Crippen molar-refractivity contribution in [3.8, 4) is 0 Å². The molecular weight excluding hydrogens is 312 g/mol. The van der Waals surface area contributed by atoms with Gasteiger partial charge in [-0.25, -0.2) is 4.79 Å². The molecular formula is C15H17ClO6. The van der Waals surface area contributed by atoms with Crippen LogP contribution in [0.25, 0.3) is 6.08 Å². The summed E-state index contributed by atoms with van der Waals surface area (Å²) in [6, 6.07) is 6.58. The van der Waals surface area contributed by atoms with E-state index in [1.165, 1.54) is 6.08 Å². The minimum atomic E-state index is -1.25. The number of aliphatic carboxylic acids is 1. The van der Waals surface area contributed by atoms with Crippen LogP contribution in [0.15, 0.2) is 30.0 Å². The van der Waals surface area contributed by atoms with Crippen LogP contribution in [0.1, 0.15) is 18.4 Å². The van der Waals surface area contributed by atoms with Gasteiger partial charge in [0.2, 0.25) is 12.0 Å². The topological polar surface area (TPSA) is 96.2 Å². The summed E-state index contributed by atoms with van der Waals surface area (Å²) in [7, 11) is 0. The maximum atomic E-state index is 11.3. The molecule has 0 aromatic heterocycles. The van der Waals surface area contributed by atoms with Gasteiger partial charge in [0, 0.05) is 17.9 Å². The van der Waals surface area contributed by atoms with Gasteiger partial charge >= 0.3 is 5.97 Å². The molecule has 0 radical (unpaired) electrons. The van der Waals surface area contributed by atoms with Crippen LogP contribution in [0, 0.1) is 0 Å². The zero-order valence-electron chi connectivity index (χ0n) is 11.7. The van der Waals surface area contributed by atoms with Crippen LogP contribution < -0.4 is 0 Å². The zero-order chi connectivity index (χ0) is 16.1. The summed E-state index contributed by atoms with van der Waals surface area (Å²) in [4.78, 5) is 11.3. The summed E-state index contributed by atoms with van der Waals surface area (Å²) >= 11 is 5.77. The van der Waals surface area contributed by atoms with Gasteiger partial charge in [-0.15, -0.1) is 0 Å². The van der Waals surface area contributed by atoms with Crippen molar-refractivity contribution in [3.05, 3.63) is 40.6 Å². The number of carboxylic acids is 1. The van der Waals surface area contributed by atoms with Gasteiger partial charge < -0.3 is 24.8 Å². The fraction of sp³-hybridized carbons (Fsp3) is 0.400. The molecule has 1 saturated heterocycles. The molecule has 3 atom stereocenters. The molecule has 3 unspecified atom stereocenters. The first kappa shape index (κ1) is 16.8. The summed E-state index contributed by atoms with van der Waals surface area (Å²) in [5, 5.41) is 28.6. The Morgan fingerprint density at radius 2 is 2.05 bits per heavy atom. The Bertz CT molecular complexity index is 541. The van der Waals surface area contributed by atoms with Crippen LogP contribution in [-0.4, -0.2) is 46.4 Å². The molecule has 0 spiro atoms. The van der Waals surface area contributed by atoms with E-state index in [1.807, 2.05) is 0 Å². The van der Waals surface area contributed by atoms with E-state index in [0.717, 1.165) is 0 Å². The first-order chi connectivity index (χ1) is 10.5. The minimum absolute atomic E-state index is 0.141. The van der Waals surface area contributed by atoms with Gasteiger partial charge in [0.05, 0.1) is 18.8 Å². The van der Waals surface area contributed by atoms with Crippen molar-refractivity contribution in [1.29, 1.82) is 0 Å². The molecule has 0 amide bonds. The van der Waals surface area contributed by atoms with Crippen molar-refractivity contribution in [3.63, 3.8) is 0 Å². The number of aliphatic hydroxyl groups is 2. The van der Waals surface area contributed by atoms with Crippen LogP contribution in [-0.2, 0) is 14.3 Å². The third kappa shape index (κ3) is 4.71. The van der Waals surface area contributed by atoms with Gasteiger partial charge in [0.15, 0.2) is 0 Å². The SMILES string of the molecule is O=C(O)/C(=C/c1ccc(Cl)cc1)OC1CC(O)CC(CO)O1. The molecule has 22 heavy (non-hydrogen) atoms. The Labute approximate surface area is 132 Å².